The van der Waals surface area contributed by atoms with Crippen molar-refractivity contribution < 1.29 is 709 Å². The molecule has 0 unspecified atom stereocenters. The van der Waals surface area contributed by atoms with Gasteiger partial charge in [-0.05, 0) is 55.5 Å². The van der Waals surface area contributed by atoms with Crippen molar-refractivity contribution in [3.63, 3.8) is 0 Å². The van der Waals surface area contributed by atoms with Gasteiger partial charge in [0.2, 0.25) is 12.6 Å². The molecule has 0 bridgehead atoms. The van der Waals surface area contributed by atoms with Crippen molar-refractivity contribution in [2.24, 2.45) is 0 Å². The second kappa shape index (κ2) is 66.2. The molecule has 4 heterocycles. The maximum Gasteiger partial charge on any atom is 1.00 e. The molecule has 20 atom stereocenters. The number of sulfonamides is 2. The van der Waals surface area contributed by atoms with Crippen LogP contribution in [0.5, 0.6) is 11.5 Å². The van der Waals surface area contributed by atoms with Gasteiger partial charge < -0.3 is 37.9 Å². The maximum atomic E-state index is 13.8. The molecule has 0 spiro atoms. The van der Waals surface area contributed by atoms with E-state index in [1.807, 2.05) is 0 Å². The Morgan fingerprint density at radius 3 is 0.580 bits per heavy atom. The van der Waals surface area contributed by atoms with E-state index in [2.05, 4.69) is 58.6 Å². The molecule has 0 aromatic heterocycles. The Morgan fingerprint density at radius 1 is 0.232 bits per heavy atom. The smallest absolute Gasteiger partial charge is 0.462 e. The van der Waals surface area contributed by atoms with Crippen LogP contribution in [0.4, 0.5) is 11.4 Å². The van der Waals surface area contributed by atoms with Gasteiger partial charge in [-0.1, -0.05) is 0 Å². The zero-order valence-corrected chi connectivity index (χ0v) is 113. The first-order valence-corrected chi connectivity index (χ1v) is 52.2. The number of rotatable bonds is 46. The Bertz CT molecular complexity index is 5800. The summed E-state index contributed by atoms with van der Waals surface area (Å²) in [5, 5.41) is 0. The molecule has 722 valence electrons. The summed E-state index contributed by atoms with van der Waals surface area (Å²) in [6.07, 6.45) is -65.4. The van der Waals surface area contributed by atoms with Crippen LogP contribution in [-0.2, 0) is 253 Å². The Morgan fingerprint density at radius 2 is 0.391 bits per heavy atom. The molecule has 70 nitrogen and oxygen atoms in total. The van der Waals surface area contributed by atoms with Crippen molar-refractivity contribution in [3.8, 4) is 11.5 Å². The van der Waals surface area contributed by atoms with Gasteiger partial charge in [0.25, 0.3) is 20.0 Å². The summed E-state index contributed by atoms with van der Waals surface area (Å²) in [6, 6.07) is 4.48. The van der Waals surface area contributed by atoms with E-state index < -0.39 is 342 Å². The minimum Gasteiger partial charge on any atom is -0.462 e. The van der Waals surface area contributed by atoms with E-state index in [0.717, 1.165) is 0 Å². The monoisotopic (exact) mass is 2460 g/mol. The van der Waals surface area contributed by atoms with Gasteiger partial charge in [-0.15, -0.1) is 0 Å². The number of hydrogen-bond acceptors (Lipinski definition) is 54. The topological polar surface area (TPSA) is 1060 Å². The predicted octanol–water partition coefficient (Wildman–Crippen LogP) is -52.1. The standard InChI is InChI=1S/C38H56N2O68S16.14Na/c1-14(109(41,42)39-15-2-6-17(7-3-15)91-35-31(105-121(75,76)77)27(101-117(63,64)65)23(19(93-35)10-87-111(45,46)47)97-37-33(107-123(81,82)83)29(103-119(69,70)71)25(99-115(57,58)59)21(95-37)12-89-113(51,52)53)110(43,44)40-16-4-8-18(9-5-16)92-36-32(106-122(78,79)80)28(102-118(66,67)68)24(20(94-36)11-88-112(48,49)50)98-38-34(108-124(84,85)86)30(104-120(72,73)74)26(100-116(60,61)62)22(96-38)13-90-114(54,55)56;;;;;;;;;;;;;;/h2-9,14,19-40H,10-13H2,1H3,(H,45,46,47)(H,48,49,50)(H,51,52,53)(H,54,55,56)(H,57,58,59)(H,60,61,62)(H,63,64,65)(H,66,67,68)(H,69,70,71)(H,72,73,74)(H,75,76,77)(H,78,79,80)(H,81,82,83)(H,84,85,86);;;;;;;;;;;;;;/q;14*+1/t19-,20-,21-,22-,23-,24-,25-,26-,27+,28+,29+,30+,31-,32-,33-,34-,35-,36-,37-,38-;;;;;;;;;;;;;;/m1............../s1. The fourth-order valence-electron chi connectivity index (χ4n) is 10.3. The van der Waals surface area contributed by atoms with E-state index in [-0.39, 0.29) is 414 Å². The largest absolute Gasteiger partial charge is 1.00 e. The van der Waals surface area contributed by atoms with Crippen LogP contribution in [0.1, 0.15) is 6.92 Å². The average molecular weight is 2460 g/mol. The van der Waals surface area contributed by atoms with Crippen molar-refractivity contribution in [3.05, 3.63) is 48.5 Å². The fraction of sp³-hybridized carbons (Fsp3) is 0.684. The molecule has 0 amide bonds. The average Bonchev–Trinajstić information content (AvgIpc) is 0.754. The Hall–Kier alpha value is 9.48. The Balaban J connectivity index is -0.00000170. The third-order valence-corrected chi connectivity index (χ3v) is 25.1. The molecular formula is C38H56N2Na14O68S16+14. The third-order valence-electron chi connectivity index (χ3n) is 14.4. The van der Waals surface area contributed by atoms with Crippen LogP contribution < -0.4 is 433 Å². The van der Waals surface area contributed by atoms with E-state index in [1.165, 1.54) is 0 Å². The van der Waals surface area contributed by atoms with Crippen LogP contribution in [0.25, 0.3) is 0 Å². The zero-order chi connectivity index (χ0) is 94.9. The van der Waals surface area contributed by atoms with E-state index in [1.54, 1.807) is 9.44 Å². The second-order valence-electron chi connectivity index (χ2n) is 23.3. The predicted molar refractivity (Wildman–Crippen MR) is 367 cm³/mol. The van der Waals surface area contributed by atoms with E-state index in [9.17, 15) is 198 Å². The molecule has 2 aromatic rings. The van der Waals surface area contributed by atoms with Crippen molar-refractivity contribution >= 4 is 177 Å². The molecule has 138 heavy (non-hydrogen) atoms. The van der Waals surface area contributed by atoms with Gasteiger partial charge in [-0.3, -0.25) is 73.2 Å². The molecule has 0 radical (unpaired) electrons. The van der Waals surface area contributed by atoms with Crippen molar-refractivity contribution in [2.75, 3.05) is 35.9 Å². The normalized spacial score (nSPS) is 25.9. The molecular weight excluding hydrogens is 2410 g/mol. The number of anilines is 2. The molecule has 2 aromatic carbocycles. The van der Waals surface area contributed by atoms with Gasteiger partial charge in [0.05, 0.1) is 26.4 Å². The Labute approximate surface area is 1090 Å². The van der Waals surface area contributed by atoms with E-state index in [4.69, 9.17) is 37.9 Å². The van der Waals surface area contributed by atoms with E-state index >= 15 is 0 Å². The number of hydrogen-bond donors (Lipinski definition) is 16. The van der Waals surface area contributed by atoms with Gasteiger partial charge in [0, 0.05) is 11.4 Å². The first-order chi connectivity index (χ1) is 55.5. The van der Waals surface area contributed by atoms with Gasteiger partial charge in [0.1, 0.15) is 84.7 Å². The Kier molecular flexibility index (Phi) is 79.1. The summed E-state index contributed by atoms with van der Waals surface area (Å²) in [5.41, 5.74) is -1.54. The van der Waals surface area contributed by atoms with Crippen LogP contribution in [0.2, 0.25) is 0 Å². The summed E-state index contributed by atoms with van der Waals surface area (Å²) in [4.78, 5) is 0. The molecule has 4 aliphatic heterocycles. The van der Waals surface area contributed by atoms with Gasteiger partial charge >= 0.3 is 559 Å². The van der Waals surface area contributed by atoms with Gasteiger partial charge in [-0.25, -0.2) is 75.4 Å². The molecule has 16 N–H and O–H groups in total. The van der Waals surface area contributed by atoms with Crippen LogP contribution >= 0.6 is 0 Å². The summed E-state index contributed by atoms with van der Waals surface area (Å²) in [6.45, 7) is -7.64. The second-order valence-corrected chi connectivity index (χ2v) is 42.4. The quantitative estimate of drug-likeness (QED) is 0.0216. The number of benzene rings is 2. The summed E-state index contributed by atoms with van der Waals surface area (Å²) in [7, 11) is -97.7. The summed E-state index contributed by atoms with van der Waals surface area (Å²) < 4.78 is 633. The molecule has 4 saturated heterocycles. The van der Waals surface area contributed by atoms with Crippen molar-refractivity contribution in [1.29, 1.82) is 0 Å². The van der Waals surface area contributed by atoms with Crippen LogP contribution in [0.15, 0.2) is 48.5 Å². The summed E-state index contributed by atoms with van der Waals surface area (Å²) >= 11 is 0. The van der Waals surface area contributed by atoms with E-state index in [0.29, 0.717) is 55.5 Å². The molecule has 0 saturated carbocycles. The van der Waals surface area contributed by atoms with Crippen LogP contribution in [0, 0.1) is 0 Å². The summed E-state index contributed by atoms with van der Waals surface area (Å²) in [5.74, 6) is -1.85. The molecule has 6 rings (SSSR count). The fourth-order valence-corrected chi connectivity index (χ4v) is 19.4. The minimum atomic E-state index is -6.39. The maximum absolute atomic E-state index is 13.8. The number of nitrogens with one attached hydrogen (secondary N) is 2. The van der Waals surface area contributed by atoms with Crippen LogP contribution in [0.3, 0.4) is 0 Å². The SMILES string of the molecule is CC(S(=O)(=O)Nc1ccc(O[C@@H]2O[C@H](COS(=O)(=O)O)[C@@H](O[C@H]3O[C@H](COS(=O)(=O)O)[C@@H](OS(=O)(=O)O)[C@H](OS(=O)(=O)O)[C@H]3OS(=O)(=O)O)[C@H](OS(=O)(=O)O)[C@H]2OS(=O)(=O)O)cc1)S(=O)(=O)Nc1ccc(O[C@@H]2O[C@H](COS(=O)(=O)O)[C@@H](O[C@H]3O[C@H](COS(=O)(=O)O)[C@@H](OS(=O)(=O)O)[C@H](OS(=O)(=O)O)[C@H]3OS(=O)(=O)O)[C@H](OS(=O)(=O)O)[C@H]2OS(=O)(=O)O)cc1.[Na+].[Na+].[Na+].[Na+].[Na+].[Na+].[Na+].[Na+].[Na+].[Na+].[Na+].[Na+].[Na+].[Na+]. The molecule has 4 fully saturated rings. The van der Waals surface area contributed by atoms with Crippen molar-refractivity contribution in [2.45, 2.75) is 134 Å². The van der Waals surface area contributed by atoms with Gasteiger partial charge in [0.15, 0.2) is 41.6 Å². The number of ether oxygens (including phenoxy) is 8. The zero-order valence-electron chi connectivity index (χ0n) is 72.4. The molecule has 4 aliphatic rings. The third kappa shape index (κ3) is 61.9. The first kappa shape index (κ1) is 165. The van der Waals surface area contributed by atoms with Gasteiger partial charge in [-0.2, -0.15) is 118 Å². The minimum absolute atomic E-state index is 0. The van der Waals surface area contributed by atoms with Crippen LogP contribution in [-0.4, -0.2) is 352 Å². The first-order valence-electron chi connectivity index (χ1n) is 30.0. The molecule has 100 heteroatoms. The van der Waals surface area contributed by atoms with Crippen molar-refractivity contribution in [1.82, 2.24) is 0 Å². The molecule has 0 aliphatic carbocycles.